The zero-order valence-corrected chi connectivity index (χ0v) is 13.1. The molecule has 0 aliphatic heterocycles. The Balaban J connectivity index is 1.87. The molecule has 0 aliphatic rings. The van der Waals surface area contributed by atoms with Crippen LogP contribution >= 0.6 is 0 Å². The Hall–Kier alpha value is -2.67. The summed E-state index contributed by atoms with van der Waals surface area (Å²) >= 11 is 0. The first-order chi connectivity index (χ1) is 11.1. The van der Waals surface area contributed by atoms with Gasteiger partial charge in [0.1, 0.15) is 5.76 Å². The summed E-state index contributed by atoms with van der Waals surface area (Å²) in [4.78, 5) is 23.6. The molecule has 2 amide bonds. The summed E-state index contributed by atoms with van der Waals surface area (Å²) in [6, 6.07) is 8.62. The molecule has 2 N–H and O–H groups in total. The minimum absolute atomic E-state index is 0.0723. The molecular weight excluding hydrogens is 298 g/mol. The van der Waals surface area contributed by atoms with Crippen molar-refractivity contribution in [2.24, 2.45) is 0 Å². The molecule has 7 heteroatoms. The van der Waals surface area contributed by atoms with E-state index in [9.17, 15) is 9.59 Å². The molecule has 122 valence electrons. The molecule has 0 spiro atoms. The van der Waals surface area contributed by atoms with Gasteiger partial charge in [-0.15, -0.1) is 0 Å². The van der Waals surface area contributed by atoms with Crippen LogP contribution in [0.2, 0.25) is 0 Å². The molecule has 1 aromatic carbocycles. The van der Waals surface area contributed by atoms with E-state index in [2.05, 4.69) is 15.8 Å². The number of carbonyl (C=O) groups is 2. The molecule has 0 fully saturated rings. The maximum Gasteiger partial charge on any atom is 0.277 e. The van der Waals surface area contributed by atoms with Gasteiger partial charge in [0, 0.05) is 25.4 Å². The average Bonchev–Trinajstić information content (AvgIpc) is 2.96. The number of carbonyl (C=O) groups excluding carboxylic acids is 2. The largest absolute Gasteiger partial charge is 0.383 e. The van der Waals surface area contributed by atoms with Crippen molar-refractivity contribution in [1.29, 1.82) is 0 Å². The van der Waals surface area contributed by atoms with E-state index in [1.54, 1.807) is 44.4 Å². The molecule has 7 nitrogen and oxygen atoms in total. The summed E-state index contributed by atoms with van der Waals surface area (Å²) in [6.45, 7) is 2.69. The van der Waals surface area contributed by atoms with Gasteiger partial charge in [-0.3, -0.25) is 9.59 Å². The van der Waals surface area contributed by atoms with Crippen molar-refractivity contribution < 1.29 is 18.8 Å². The molecule has 1 aromatic heterocycles. The van der Waals surface area contributed by atoms with Gasteiger partial charge in [-0.2, -0.15) is 0 Å². The smallest absolute Gasteiger partial charge is 0.277 e. The van der Waals surface area contributed by atoms with Crippen LogP contribution in [0.15, 0.2) is 34.9 Å². The highest BCUT2D eigenvalue weighted by Gasteiger charge is 2.11. The van der Waals surface area contributed by atoms with E-state index < -0.39 is 0 Å². The Morgan fingerprint density at radius 2 is 2.00 bits per heavy atom. The van der Waals surface area contributed by atoms with E-state index in [4.69, 9.17) is 9.26 Å². The number of benzene rings is 1. The Kier molecular flexibility index (Phi) is 5.87. The Bertz CT molecular complexity index is 664. The summed E-state index contributed by atoms with van der Waals surface area (Å²) < 4.78 is 9.73. The fourth-order valence-corrected chi connectivity index (χ4v) is 1.91. The number of rotatable bonds is 7. The molecule has 0 unspecified atom stereocenters. The topological polar surface area (TPSA) is 93.5 Å². The Labute approximate surface area is 134 Å². The maximum absolute atomic E-state index is 11.9. The first kappa shape index (κ1) is 16.7. The predicted molar refractivity (Wildman–Crippen MR) is 84.2 cm³/mol. The fraction of sp³-hybridized carbons (Fsp3) is 0.312. The van der Waals surface area contributed by atoms with E-state index >= 15 is 0 Å². The van der Waals surface area contributed by atoms with E-state index in [0.717, 1.165) is 5.56 Å². The van der Waals surface area contributed by atoms with Crippen molar-refractivity contribution in [3.8, 4) is 0 Å². The van der Waals surface area contributed by atoms with Gasteiger partial charge in [0.25, 0.3) is 5.91 Å². The average molecular weight is 317 g/mol. The third-order valence-electron chi connectivity index (χ3n) is 3.07. The Morgan fingerprint density at radius 3 is 2.61 bits per heavy atom. The number of methoxy groups -OCH3 is 1. The van der Waals surface area contributed by atoms with E-state index in [1.807, 2.05) is 0 Å². The highest BCUT2D eigenvalue weighted by atomic mass is 16.5. The second-order valence-electron chi connectivity index (χ2n) is 4.99. The molecule has 0 aliphatic carbocycles. The third-order valence-corrected chi connectivity index (χ3v) is 3.07. The number of ether oxygens (including phenoxy) is 1. The van der Waals surface area contributed by atoms with Crippen molar-refractivity contribution in [2.75, 3.05) is 25.6 Å². The number of nitrogens with one attached hydrogen (secondary N) is 2. The van der Waals surface area contributed by atoms with Crippen LogP contribution in [0.5, 0.6) is 0 Å². The van der Waals surface area contributed by atoms with E-state index in [-0.39, 0.29) is 23.9 Å². The van der Waals surface area contributed by atoms with Gasteiger partial charge in [0.15, 0.2) is 5.69 Å². The van der Waals surface area contributed by atoms with Crippen molar-refractivity contribution in [3.05, 3.63) is 47.3 Å². The third kappa shape index (κ3) is 5.23. The van der Waals surface area contributed by atoms with Crippen LogP contribution in [0.3, 0.4) is 0 Å². The van der Waals surface area contributed by atoms with Crippen LogP contribution in [-0.2, 0) is 16.0 Å². The molecule has 0 atom stereocenters. The van der Waals surface area contributed by atoms with Crippen LogP contribution in [-0.4, -0.2) is 37.2 Å². The van der Waals surface area contributed by atoms with Gasteiger partial charge in [0.2, 0.25) is 5.91 Å². The minimum Gasteiger partial charge on any atom is -0.383 e. The van der Waals surface area contributed by atoms with Crippen molar-refractivity contribution in [2.45, 2.75) is 13.3 Å². The van der Waals surface area contributed by atoms with Crippen molar-refractivity contribution >= 4 is 17.5 Å². The molecule has 1 heterocycles. The second-order valence-corrected chi connectivity index (χ2v) is 4.99. The lowest BCUT2D eigenvalue weighted by molar-refractivity contribution is -0.120. The second kappa shape index (κ2) is 8.09. The van der Waals surface area contributed by atoms with Gasteiger partial charge in [0.05, 0.1) is 13.0 Å². The van der Waals surface area contributed by atoms with Gasteiger partial charge in [-0.05, 0) is 24.6 Å². The standard InChI is InChI=1S/C16H19N3O4/c1-11-9-14(19-23-11)16(21)18-13-5-3-12(4-6-13)10-15(20)17-7-8-22-2/h3-6,9H,7-8,10H2,1-2H3,(H,17,20)(H,18,21). The molecule has 23 heavy (non-hydrogen) atoms. The number of aromatic nitrogens is 1. The van der Waals surface area contributed by atoms with Crippen LogP contribution in [0.1, 0.15) is 21.8 Å². The monoisotopic (exact) mass is 317 g/mol. The molecule has 0 saturated carbocycles. The summed E-state index contributed by atoms with van der Waals surface area (Å²) in [5.41, 5.74) is 1.71. The van der Waals surface area contributed by atoms with Gasteiger partial charge in [-0.1, -0.05) is 17.3 Å². The summed E-state index contributed by atoms with van der Waals surface area (Å²) in [5.74, 6) is 0.161. The van der Waals surface area contributed by atoms with Crippen molar-refractivity contribution in [3.63, 3.8) is 0 Å². The number of anilines is 1. The minimum atomic E-state index is -0.341. The number of aryl methyl sites for hydroxylation is 1. The highest BCUT2D eigenvalue weighted by Crippen LogP contribution is 2.12. The predicted octanol–water partition coefficient (Wildman–Crippen LogP) is 1.54. The number of amides is 2. The van der Waals surface area contributed by atoms with Crippen LogP contribution in [0.25, 0.3) is 0 Å². The van der Waals surface area contributed by atoms with Crippen LogP contribution in [0.4, 0.5) is 5.69 Å². The first-order valence-electron chi connectivity index (χ1n) is 7.17. The molecule has 0 bridgehead atoms. The molecule has 2 aromatic rings. The quantitative estimate of drug-likeness (QED) is 0.756. The van der Waals surface area contributed by atoms with Gasteiger partial charge >= 0.3 is 0 Å². The lowest BCUT2D eigenvalue weighted by Crippen LogP contribution is -2.28. The Morgan fingerprint density at radius 1 is 1.26 bits per heavy atom. The number of hydrogen-bond donors (Lipinski definition) is 2. The van der Waals surface area contributed by atoms with Crippen LogP contribution in [0, 0.1) is 6.92 Å². The van der Waals surface area contributed by atoms with Crippen molar-refractivity contribution in [1.82, 2.24) is 10.5 Å². The van der Waals surface area contributed by atoms with Crippen LogP contribution < -0.4 is 10.6 Å². The summed E-state index contributed by atoms with van der Waals surface area (Å²) in [6.07, 6.45) is 0.278. The lowest BCUT2D eigenvalue weighted by atomic mass is 10.1. The molecule has 0 saturated heterocycles. The zero-order chi connectivity index (χ0) is 16.7. The molecule has 2 rings (SSSR count). The van der Waals surface area contributed by atoms with Gasteiger partial charge < -0.3 is 19.9 Å². The number of hydrogen-bond acceptors (Lipinski definition) is 5. The normalized spacial score (nSPS) is 10.3. The molecular formula is C16H19N3O4. The fourth-order valence-electron chi connectivity index (χ4n) is 1.91. The maximum atomic E-state index is 11.9. The number of nitrogens with zero attached hydrogens (tertiary/aromatic N) is 1. The van der Waals surface area contributed by atoms with E-state index in [0.29, 0.717) is 24.6 Å². The highest BCUT2D eigenvalue weighted by molar-refractivity contribution is 6.02. The van der Waals surface area contributed by atoms with E-state index in [1.165, 1.54) is 0 Å². The molecule has 0 radical (unpaired) electrons. The zero-order valence-electron chi connectivity index (χ0n) is 13.1. The first-order valence-corrected chi connectivity index (χ1v) is 7.17. The SMILES string of the molecule is COCCNC(=O)Cc1ccc(NC(=O)c2cc(C)on2)cc1. The van der Waals surface area contributed by atoms with Gasteiger partial charge in [-0.25, -0.2) is 0 Å². The summed E-state index contributed by atoms with van der Waals surface area (Å²) in [7, 11) is 1.58. The lowest BCUT2D eigenvalue weighted by Gasteiger charge is -2.06. The summed E-state index contributed by atoms with van der Waals surface area (Å²) in [5, 5.41) is 9.12.